The highest BCUT2D eigenvalue weighted by atomic mass is 32.1. The van der Waals surface area contributed by atoms with Gasteiger partial charge in [0.25, 0.3) is 17.3 Å². The Balaban J connectivity index is 1.82. The first kappa shape index (κ1) is 23.5. The van der Waals surface area contributed by atoms with E-state index in [-0.39, 0.29) is 15.7 Å². The second-order valence-electron chi connectivity index (χ2n) is 7.01. The summed E-state index contributed by atoms with van der Waals surface area (Å²) < 4.78 is 0.741. The number of aromatic nitrogens is 1. The van der Waals surface area contributed by atoms with Crippen molar-refractivity contribution in [1.82, 2.24) is 4.98 Å². The monoisotopic (exact) mass is 512 g/mol. The third kappa shape index (κ3) is 4.99. The lowest BCUT2D eigenvalue weighted by Crippen LogP contribution is -2.25. The minimum absolute atomic E-state index is 0.104. The Bertz CT molecular complexity index is 1510. The van der Waals surface area contributed by atoms with Gasteiger partial charge >= 0.3 is 5.00 Å². The molecule has 0 aliphatic heterocycles. The molecule has 2 aromatic carbocycles. The molecule has 13 nitrogen and oxygen atoms in total. The van der Waals surface area contributed by atoms with Crippen molar-refractivity contribution in [2.75, 3.05) is 5.01 Å². The van der Waals surface area contributed by atoms with E-state index in [0.29, 0.717) is 10.4 Å². The second kappa shape index (κ2) is 9.32. The summed E-state index contributed by atoms with van der Waals surface area (Å²) in [5, 5.41) is 38.5. The fraction of sp³-hybridized carbons (Fsp3) is 0.0500. The molecule has 0 bridgehead atoms. The van der Waals surface area contributed by atoms with Gasteiger partial charge in [-0.25, -0.2) is 4.98 Å². The highest BCUT2D eigenvalue weighted by Crippen LogP contribution is 2.32. The molecule has 176 valence electrons. The Hall–Kier alpha value is -4.63. The molecular formula is C20H12N6O7S2. The van der Waals surface area contributed by atoms with Gasteiger partial charge in [0.05, 0.1) is 47.7 Å². The first-order valence-electron chi connectivity index (χ1n) is 9.56. The zero-order chi connectivity index (χ0) is 25.3. The minimum atomic E-state index is -0.908. The van der Waals surface area contributed by atoms with E-state index >= 15 is 0 Å². The first-order valence-corrected chi connectivity index (χ1v) is 11.2. The Morgan fingerprint density at radius 3 is 2.23 bits per heavy atom. The van der Waals surface area contributed by atoms with E-state index in [4.69, 9.17) is 0 Å². The van der Waals surface area contributed by atoms with Crippen LogP contribution in [0.2, 0.25) is 0 Å². The lowest BCUT2D eigenvalue weighted by molar-refractivity contribution is -0.394. The Morgan fingerprint density at radius 1 is 0.943 bits per heavy atom. The molecule has 0 aliphatic carbocycles. The van der Waals surface area contributed by atoms with Crippen LogP contribution in [0.5, 0.6) is 0 Å². The Morgan fingerprint density at radius 2 is 1.63 bits per heavy atom. The van der Waals surface area contributed by atoms with E-state index in [1.807, 2.05) is 19.1 Å². The van der Waals surface area contributed by atoms with Crippen molar-refractivity contribution in [2.45, 2.75) is 6.92 Å². The van der Waals surface area contributed by atoms with E-state index in [2.05, 4.69) is 10.1 Å². The molecule has 0 unspecified atom stereocenters. The van der Waals surface area contributed by atoms with Crippen molar-refractivity contribution in [1.29, 1.82) is 0 Å². The van der Waals surface area contributed by atoms with E-state index in [0.717, 1.165) is 56.1 Å². The van der Waals surface area contributed by atoms with Gasteiger partial charge < -0.3 is 0 Å². The van der Waals surface area contributed by atoms with Crippen LogP contribution in [0.15, 0.2) is 53.6 Å². The summed E-state index contributed by atoms with van der Waals surface area (Å²) >= 11 is 1.94. The fourth-order valence-corrected chi connectivity index (χ4v) is 4.68. The number of amides is 1. The summed E-state index contributed by atoms with van der Waals surface area (Å²) in [5.74, 6) is -0.908. The fourth-order valence-electron chi connectivity index (χ4n) is 2.98. The minimum Gasteiger partial charge on any atom is -0.267 e. The number of nitro groups is 3. The molecular weight excluding hydrogens is 500 g/mol. The predicted molar refractivity (Wildman–Crippen MR) is 129 cm³/mol. The SMILES string of the molecule is Cc1ccc2nc(N(/N=C/c3ccc([N+](=O)[O-])s3)C(=O)c3cc([N+](=O)[O-])cc([N+](=O)[O-])c3)sc2c1. The van der Waals surface area contributed by atoms with Crippen molar-refractivity contribution >= 4 is 66.5 Å². The topological polar surface area (TPSA) is 175 Å². The third-order valence-electron chi connectivity index (χ3n) is 4.57. The van der Waals surface area contributed by atoms with Crippen LogP contribution in [0.4, 0.5) is 21.5 Å². The largest absolute Gasteiger partial charge is 0.324 e. The number of benzene rings is 2. The normalized spacial score (nSPS) is 11.1. The molecule has 2 heterocycles. The molecule has 0 N–H and O–H groups in total. The number of thiophene rings is 1. The highest BCUT2D eigenvalue weighted by molar-refractivity contribution is 7.22. The maximum Gasteiger partial charge on any atom is 0.324 e. The van der Waals surface area contributed by atoms with Gasteiger partial charge in [0.1, 0.15) is 0 Å². The van der Waals surface area contributed by atoms with Gasteiger partial charge in [-0.1, -0.05) is 28.7 Å². The number of fused-ring (bicyclic) bond motifs is 1. The maximum atomic E-state index is 13.4. The lowest BCUT2D eigenvalue weighted by Gasteiger charge is -2.13. The van der Waals surface area contributed by atoms with Gasteiger partial charge in [0.2, 0.25) is 5.13 Å². The van der Waals surface area contributed by atoms with Crippen LogP contribution in [0.1, 0.15) is 20.8 Å². The molecule has 4 aromatic rings. The van der Waals surface area contributed by atoms with Gasteiger partial charge in [-0.15, -0.1) is 0 Å². The van der Waals surface area contributed by atoms with Gasteiger partial charge in [-0.3, -0.25) is 35.1 Å². The molecule has 1 amide bonds. The molecule has 0 saturated carbocycles. The Labute approximate surface area is 203 Å². The number of nitrogens with zero attached hydrogens (tertiary/aromatic N) is 6. The van der Waals surface area contributed by atoms with Crippen molar-refractivity contribution in [3.63, 3.8) is 0 Å². The van der Waals surface area contributed by atoms with Crippen LogP contribution in [0, 0.1) is 37.3 Å². The number of rotatable bonds is 7. The molecule has 2 aromatic heterocycles. The highest BCUT2D eigenvalue weighted by Gasteiger charge is 2.26. The van der Waals surface area contributed by atoms with Crippen molar-refractivity contribution in [3.8, 4) is 0 Å². The van der Waals surface area contributed by atoms with Crippen LogP contribution in [0.25, 0.3) is 10.2 Å². The van der Waals surface area contributed by atoms with Crippen LogP contribution < -0.4 is 5.01 Å². The number of anilines is 1. The van der Waals surface area contributed by atoms with Crippen molar-refractivity contribution in [2.24, 2.45) is 5.10 Å². The smallest absolute Gasteiger partial charge is 0.267 e. The standard InChI is InChI=1S/C20H12N6O7S2/c1-11-2-4-16-17(6-11)35-20(22-16)23(21-10-15-3-5-18(34-15)26(32)33)19(27)12-7-13(24(28)29)9-14(8-12)25(30)31/h2-10H,1H3/b21-10+. The first-order chi connectivity index (χ1) is 16.6. The van der Waals surface area contributed by atoms with E-state index in [1.54, 1.807) is 6.07 Å². The second-order valence-corrected chi connectivity index (χ2v) is 9.12. The van der Waals surface area contributed by atoms with Gasteiger partial charge in [0, 0.05) is 18.2 Å². The molecule has 4 rings (SSSR count). The lowest BCUT2D eigenvalue weighted by atomic mass is 10.1. The number of aryl methyl sites for hydroxylation is 1. The average molecular weight is 512 g/mol. The molecule has 0 aliphatic rings. The molecule has 0 radical (unpaired) electrons. The number of non-ortho nitro benzene ring substituents is 2. The van der Waals surface area contributed by atoms with Gasteiger partial charge in [-0.05, 0) is 30.7 Å². The summed E-state index contributed by atoms with van der Waals surface area (Å²) in [6.07, 6.45) is 1.21. The van der Waals surface area contributed by atoms with Gasteiger partial charge in [-0.2, -0.15) is 10.1 Å². The molecule has 0 spiro atoms. The van der Waals surface area contributed by atoms with Gasteiger partial charge in [0.15, 0.2) is 0 Å². The third-order valence-corrected chi connectivity index (χ3v) is 6.54. The van der Waals surface area contributed by atoms with Crippen LogP contribution in [0.3, 0.4) is 0 Å². The number of carbonyl (C=O) groups is 1. The summed E-state index contributed by atoms with van der Waals surface area (Å²) in [6, 6.07) is 10.7. The summed E-state index contributed by atoms with van der Waals surface area (Å²) in [4.78, 5) is 49.4. The van der Waals surface area contributed by atoms with E-state index in [1.165, 1.54) is 18.3 Å². The number of nitro benzene ring substituents is 2. The van der Waals surface area contributed by atoms with E-state index in [9.17, 15) is 35.1 Å². The number of hydrazone groups is 1. The maximum absolute atomic E-state index is 13.4. The predicted octanol–water partition coefficient (Wildman–Crippen LogP) is 5.07. The molecule has 15 heteroatoms. The van der Waals surface area contributed by atoms with Crippen LogP contribution in [-0.4, -0.2) is 31.9 Å². The number of carbonyl (C=O) groups excluding carboxylic acids is 1. The molecule has 35 heavy (non-hydrogen) atoms. The molecule has 0 atom stereocenters. The zero-order valence-corrected chi connectivity index (χ0v) is 19.2. The molecule has 0 fully saturated rings. The van der Waals surface area contributed by atoms with Crippen LogP contribution >= 0.6 is 22.7 Å². The quantitative estimate of drug-likeness (QED) is 0.187. The summed E-state index contributed by atoms with van der Waals surface area (Å²) in [6.45, 7) is 1.88. The number of hydrogen-bond acceptors (Lipinski definition) is 11. The van der Waals surface area contributed by atoms with E-state index < -0.39 is 32.1 Å². The number of hydrogen-bond donors (Lipinski definition) is 0. The van der Waals surface area contributed by atoms with Crippen LogP contribution in [-0.2, 0) is 0 Å². The number of thiazole rings is 1. The summed E-state index contributed by atoms with van der Waals surface area (Å²) in [7, 11) is 0. The zero-order valence-electron chi connectivity index (χ0n) is 17.6. The van der Waals surface area contributed by atoms with Crippen molar-refractivity contribution in [3.05, 3.63) is 94.9 Å². The average Bonchev–Trinajstić information content (AvgIpc) is 3.45. The van der Waals surface area contributed by atoms with Crippen molar-refractivity contribution < 1.29 is 19.6 Å². The Kier molecular flexibility index (Phi) is 6.26. The molecule has 0 saturated heterocycles. The summed E-state index contributed by atoms with van der Waals surface area (Å²) in [5.41, 5.74) is -0.106.